The first-order valence-corrected chi connectivity index (χ1v) is 8.10. The standard InChI is InChI=1S/C17H20N4O2/c1-12(22)20-8-4-6-14(9-20)17-19-18-16-11-23-15-7-3-2-5-13(15)10-21(16)17/h2-3,5,7,14H,4,6,8-11H2,1H3. The molecule has 1 saturated heterocycles. The van der Waals surface area contributed by atoms with Crippen LogP contribution in [0.4, 0.5) is 0 Å². The van der Waals surface area contributed by atoms with Crippen LogP contribution in [-0.4, -0.2) is 38.7 Å². The zero-order valence-electron chi connectivity index (χ0n) is 13.2. The number of para-hydroxylation sites is 1. The number of hydrogen-bond donors (Lipinski definition) is 0. The Balaban J connectivity index is 1.66. The van der Waals surface area contributed by atoms with Gasteiger partial charge in [-0.2, -0.15) is 0 Å². The fraction of sp³-hybridized carbons (Fsp3) is 0.471. The Morgan fingerprint density at radius 3 is 3.04 bits per heavy atom. The van der Waals surface area contributed by atoms with Gasteiger partial charge >= 0.3 is 0 Å². The predicted molar refractivity (Wildman–Crippen MR) is 84.1 cm³/mol. The van der Waals surface area contributed by atoms with E-state index in [4.69, 9.17) is 4.74 Å². The highest BCUT2D eigenvalue weighted by atomic mass is 16.5. The Bertz CT molecular complexity index is 740. The lowest BCUT2D eigenvalue weighted by atomic mass is 9.97. The van der Waals surface area contributed by atoms with E-state index in [0.717, 1.165) is 55.4 Å². The quantitative estimate of drug-likeness (QED) is 0.807. The summed E-state index contributed by atoms with van der Waals surface area (Å²) in [6.45, 7) is 4.38. The molecule has 0 spiro atoms. The van der Waals surface area contributed by atoms with Crippen LogP contribution in [-0.2, 0) is 17.9 Å². The fourth-order valence-electron chi connectivity index (χ4n) is 3.49. The molecular weight excluding hydrogens is 292 g/mol. The Morgan fingerprint density at radius 1 is 1.30 bits per heavy atom. The maximum Gasteiger partial charge on any atom is 0.219 e. The summed E-state index contributed by atoms with van der Waals surface area (Å²) in [5, 5.41) is 8.75. The molecule has 1 fully saturated rings. The van der Waals surface area contributed by atoms with Gasteiger partial charge in [-0.1, -0.05) is 18.2 Å². The minimum Gasteiger partial charge on any atom is -0.485 e. The van der Waals surface area contributed by atoms with E-state index in [1.807, 2.05) is 23.1 Å². The van der Waals surface area contributed by atoms with Crippen molar-refractivity contribution in [3.05, 3.63) is 41.5 Å². The molecule has 1 amide bonds. The van der Waals surface area contributed by atoms with Crippen LogP contribution in [0.5, 0.6) is 5.75 Å². The van der Waals surface area contributed by atoms with Crippen LogP contribution in [0.25, 0.3) is 0 Å². The molecule has 0 saturated carbocycles. The number of carbonyl (C=O) groups excluding carboxylic acids is 1. The number of carbonyl (C=O) groups is 1. The highest BCUT2D eigenvalue weighted by molar-refractivity contribution is 5.73. The molecule has 1 unspecified atom stereocenters. The van der Waals surface area contributed by atoms with Crippen molar-refractivity contribution in [3.8, 4) is 5.75 Å². The third-order valence-corrected chi connectivity index (χ3v) is 4.75. The maximum absolute atomic E-state index is 11.7. The largest absolute Gasteiger partial charge is 0.485 e. The zero-order valence-corrected chi connectivity index (χ0v) is 13.2. The van der Waals surface area contributed by atoms with Crippen molar-refractivity contribution in [3.63, 3.8) is 0 Å². The lowest BCUT2D eigenvalue weighted by molar-refractivity contribution is -0.130. The molecule has 23 heavy (non-hydrogen) atoms. The number of nitrogens with zero attached hydrogens (tertiary/aromatic N) is 4. The second-order valence-corrected chi connectivity index (χ2v) is 6.26. The number of benzene rings is 1. The van der Waals surface area contributed by atoms with E-state index in [0.29, 0.717) is 6.61 Å². The van der Waals surface area contributed by atoms with Crippen molar-refractivity contribution in [2.45, 2.75) is 38.8 Å². The summed E-state index contributed by atoms with van der Waals surface area (Å²) in [6, 6.07) is 8.08. The van der Waals surface area contributed by atoms with Crippen molar-refractivity contribution in [2.24, 2.45) is 0 Å². The fourth-order valence-corrected chi connectivity index (χ4v) is 3.49. The Kier molecular flexibility index (Phi) is 3.52. The summed E-state index contributed by atoms with van der Waals surface area (Å²) in [4.78, 5) is 13.6. The first-order valence-electron chi connectivity index (χ1n) is 8.10. The molecule has 2 aromatic rings. The number of hydrogen-bond acceptors (Lipinski definition) is 4. The predicted octanol–water partition coefficient (Wildman–Crippen LogP) is 1.94. The molecule has 0 aliphatic carbocycles. The van der Waals surface area contributed by atoms with Gasteiger partial charge in [0.2, 0.25) is 5.91 Å². The van der Waals surface area contributed by atoms with Gasteiger partial charge in [0, 0.05) is 31.5 Å². The molecule has 1 atom stereocenters. The van der Waals surface area contributed by atoms with E-state index in [1.165, 1.54) is 0 Å². The topological polar surface area (TPSA) is 60.2 Å². The lowest BCUT2D eigenvalue weighted by Gasteiger charge is -2.31. The molecule has 120 valence electrons. The average molecular weight is 312 g/mol. The second kappa shape index (κ2) is 5.68. The van der Waals surface area contributed by atoms with Gasteiger partial charge in [-0.3, -0.25) is 4.79 Å². The summed E-state index contributed by atoms with van der Waals surface area (Å²) >= 11 is 0. The number of amides is 1. The zero-order chi connectivity index (χ0) is 15.8. The molecule has 1 aromatic carbocycles. The average Bonchev–Trinajstić information content (AvgIpc) is 2.87. The number of likely N-dealkylation sites (tertiary alicyclic amines) is 1. The van der Waals surface area contributed by atoms with E-state index < -0.39 is 0 Å². The second-order valence-electron chi connectivity index (χ2n) is 6.26. The Hall–Kier alpha value is -2.37. The van der Waals surface area contributed by atoms with Gasteiger partial charge in [-0.05, 0) is 18.9 Å². The van der Waals surface area contributed by atoms with Gasteiger partial charge in [0.25, 0.3) is 0 Å². The van der Waals surface area contributed by atoms with E-state index in [9.17, 15) is 4.79 Å². The number of ether oxygens (including phenoxy) is 1. The van der Waals surface area contributed by atoms with Crippen molar-refractivity contribution >= 4 is 5.91 Å². The Labute approximate surface area is 135 Å². The van der Waals surface area contributed by atoms with Crippen LogP contribution in [0.15, 0.2) is 24.3 Å². The van der Waals surface area contributed by atoms with Gasteiger partial charge < -0.3 is 14.2 Å². The normalized spacial score (nSPS) is 20.2. The highest BCUT2D eigenvalue weighted by Crippen LogP contribution is 2.30. The number of rotatable bonds is 1. The summed E-state index contributed by atoms with van der Waals surface area (Å²) in [5.41, 5.74) is 1.14. The van der Waals surface area contributed by atoms with E-state index in [1.54, 1.807) is 6.92 Å². The molecule has 3 heterocycles. The molecule has 2 aliphatic rings. The number of fused-ring (bicyclic) bond motifs is 2. The van der Waals surface area contributed by atoms with Crippen LogP contribution in [0, 0.1) is 0 Å². The monoisotopic (exact) mass is 312 g/mol. The van der Waals surface area contributed by atoms with Gasteiger partial charge in [0.15, 0.2) is 5.82 Å². The third-order valence-electron chi connectivity index (χ3n) is 4.75. The molecule has 1 aromatic heterocycles. The van der Waals surface area contributed by atoms with E-state index in [2.05, 4.69) is 20.8 Å². The number of aromatic nitrogens is 3. The molecule has 4 rings (SSSR count). The lowest BCUT2D eigenvalue weighted by Crippen LogP contribution is -2.38. The minimum atomic E-state index is 0.138. The molecule has 6 nitrogen and oxygen atoms in total. The highest BCUT2D eigenvalue weighted by Gasteiger charge is 2.29. The molecule has 6 heteroatoms. The van der Waals surface area contributed by atoms with Gasteiger partial charge in [-0.25, -0.2) is 0 Å². The van der Waals surface area contributed by atoms with Crippen LogP contribution < -0.4 is 4.74 Å². The van der Waals surface area contributed by atoms with Crippen LogP contribution in [0.1, 0.15) is 42.9 Å². The van der Waals surface area contributed by atoms with Gasteiger partial charge in [-0.15, -0.1) is 10.2 Å². The van der Waals surface area contributed by atoms with Crippen LogP contribution in [0.3, 0.4) is 0 Å². The molecular formula is C17H20N4O2. The van der Waals surface area contributed by atoms with Gasteiger partial charge in [0.1, 0.15) is 18.2 Å². The van der Waals surface area contributed by atoms with E-state index >= 15 is 0 Å². The summed E-state index contributed by atoms with van der Waals surface area (Å²) < 4.78 is 8.01. The smallest absolute Gasteiger partial charge is 0.219 e. The summed E-state index contributed by atoms with van der Waals surface area (Å²) in [5.74, 6) is 3.14. The van der Waals surface area contributed by atoms with Gasteiger partial charge in [0.05, 0.1) is 6.54 Å². The molecule has 0 radical (unpaired) electrons. The first kappa shape index (κ1) is 14.2. The Morgan fingerprint density at radius 2 is 2.17 bits per heavy atom. The maximum atomic E-state index is 11.7. The van der Waals surface area contributed by atoms with Crippen molar-refractivity contribution < 1.29 is 9.53 Å². The molecule has 0 bridgehead atoms. The van der Waals surface area contributed by atoms with Crippen molar-refractivity contribution in [1.82, 2.24) is 19.7 Å². The SMILES string of the molecule is CC(=O)N1CCCC(c2nnc3n2Cc2ccccc2OC3)C1. The third kappa shape index (κ3) is 2.58. The first-order chi connectivity index (χ1) is 11.2. The molecule has 0 N–H and O–H groups in total. The van der Waals surface area contributed by atoms with Crippen LogP contribution >= 0.6 is 0 Å². The van der Waals surface area contributed by atoms with Crippen LogP contribution in [0.2, 0.25) is 0 Å². The molecule has 2 aliphatic heterocycles. The summed E-state index contributed by atoms with van der Waals surface area (Å²) in [7, 11) is 0. The van der Waals surface area contributed by atoms with E-state index in [-0.39, 0.29) is 11.8 Å². The minimum absolute atomic E-state index is 0.138. The van der Waals surface area contributed by atoms with Crippen molar-refractivity contribution in [1.29, 1.82) is 0 Å². The number of piperidine rings is 1. The van der Waals surface area contributed by atoms with Crippen molar-refractivity contribution in [2.75, 3.05) is 13.1 Å². The summed E-state index contributed by atoms with van der Waals surface area (Å²) in [6.07, 6.45) is 2.06.